The lowest BCUT2D eigenvalue weighted by Crippen LogP contribution is -2.07. The second kappa shape index (κ2) is 8.76. The third kappa shape index (κ3) is 5.15. The molecule has 130 valence electrons. The quantitative estimate of drug-likeness (QED) is 0.558. The van der Waals surface area contributed by atoms with E-state index < -0.39 is 0 Å². The van der Waals surface area contributed by atoms with E-state index in [1.807, 2.05) is 33.8 Å². The van der Waals surface area contributed by atoms with E-state index in [4.69, 9.17) is 20.9 Å². The summed E-state index contributed by atoms with van der Waals surface area (Å²) in [4.78, 5) is 7.83. The van der Waals surface area contributed by atoms with E-state index in [0.29, 0.717) is 23.9 Å². The van der Waals surface area contributed by atoms with E-state index >= 15 is 0 Å². The first-order valence-electron chi connectivity index (χ1n) is 7.72. The van der Waals surface area contributed by atoms with Crippen LogP contribution in [0.5, 0.6) is 5.75 Å². The van der Waals surface area contributed by atoms with Crippen LogP contribution in [0.25, 0.3) is 0 Å². The van der Waals surface area contributed by atoms with Crippen molar-refractivity contribution in [2.24, 2.45) is 5.92 Å². The number of allylic oxidation sites excluding steroid dienone is 4. The van der Waals surface area contributed by atoms with Crippen LogP contribution in [-0.4, -0.2) is 16.6 Å². The summed E-state index contributed by atoms with van der Waals surface area (Å²) in [6.45, 7) is 16.2. The molecule has 0 aliphatic heterocycles. The molecule has 24 heavy (non-hydrogen) atoms. The van der Waals surface area contributed by atoms with Gasteiger partial charge in [0.15, 0.2) is 11.6 Å². The van der Waals surface area contributed by atoms with Crippen LogP contribution in [0.15, 0.2) is 54.2 Å². The standard InChI is InChI=1S/C18H26N4O2/c1-7-14(11(3)4)15(9-12(5)13(6)23-8-2)24-16-10-21-18(20)22-17(16)19/h7,9-11H,1,6,8H2,2-5H3,(H4,19,20,21,22)/b12-9+,15-14-. The second-order valence-corrected chi connectivity index (χ2v) is 5.44. The van der Waals surface area contributed by atoms with Gasteiger partial charge < -0.3 is 20.9 Å². The average molecular weight is 330 g/mol. The number of anilines is 2. The topological polar surface area (TPSA) is 96.3 Å². The van der Waals surface area contributed by atoms with Crippen molar-refractivity contribution in [2.45, 2.75) is 27.7 Å². The largest absolute Gasteiger partial charge is 0.494 e. The van der Waals surface area contributed by atoms with Crippen LogP contribution >= 0.6 is 0 Å². The van der Waals surface area contributed by atoms with Crippen LogP contribution in [0, 0.1) is 5.92 Å². The number of rotatable bonds is 8. The maximum Gasteiger partial charge on any atom is 0.222 e. The molecule has 0 aromatic carbocycles. The van der Waals surface area contributed by atoms with Gasteiger partial charge >= 0.3 is 0 Å². The highest BCUT2D eigenvalue weighted by atomic mass is 16.5. The van der Waals surface area contributed by atoms with E-state index in [1.165, 1.54) is 6.20 Å². The van der Waals surface area contributed by atoms with Gasteiger partial charge in [-0.3, -0.25) is 0 Å². The molecule has 0 saturated carbocycles. The van der Waals surface area contributed by atoms with Crippen LogP contribution in [0.1, 0.15) is 27.7 Å². The molecule has 0 amide bonds. The van der Waals surface area contributed by atoms with Crippen molar-refractivity contribution in [3.8, 4) is 5.75 Å². The van der Waals surface area contributed by atoms with Crippen LogP contribution in [0.4, 0.5) is 11.8 Å². The van der Waals surface area contributed by atoms with Crippen molar-refractivity contribution < 1.29 is 9.47 Å². The Hall–Kier alpha value is -2.76. The van der Waals surface area contributed by atoms with Crippen molar-refractivity contribution in [1.82, 2.24) is 9.97 Å². The van der Waals surface area contributed by atoms with Crippen LogP contribution < -0.4 is 16.2 Å². The van der Waals surface area contributed by atoms with E-state index in [0.717, 1.165) is 11.1 Å². The van der Waals surface area contributed by atoms with Gasteiger partial charge in [-0.15, -0.1) is 0 Å². The molecule has 0 fully saturated rings. The zero-order valence-corrected chi connectivity index (χ0v) is 14.8. The Labute approximate surface area is 143 Å². The Kier molecular flexibility index (Phi) is 7.04. The van der Waals surface area contributed by atoms with Gasteiger partial charge in [0.1, 0.15) is 11.5 Å². The molecule has 6 nitrogen and oxygen atoms in total. The summed E-state index contributed by atoms with van der Waals surface area (Å²) in [6, 6.07) is 0. The van der Waals surface area contributed by atoms with Gasteiger partial charge in [0.25, 0.3) is 0 Å². The molecular weight excluding hydrogens is 304 g/mol. The number of nitrogens with two attached hydrogens (primary N) is 2. The minimum Gasteiger partial charge on any atom is -0.494 e. The number of nitrogen functional groups attached to an aromatic ring is 2. The minimum atomic E-state index is 0.0922. The van der Waals surface area contributed by atoms with Gasteiger partial charge in [-0.05, 0) is 37.0 Å². The molecule has 0 radical (unpaired) electrons. The number of ether oxygens (including phenoxy) is 2. The molecular formula is C18H26N4O2. The van der Waals surface area contributed by atoms with Crippen LogP contribution in [-0.2, 0) is 4.74 Å². The molecule has 0 bridgehead atoms. The van der Waals surface area contributed by atoms with Crippen molar-refractivity contribution in [1.29, 1.82) is 0 Å². The molecule has 0 aliphatic rings. The number of hydrogen-bond donors (Lipinski definition) is 2. The predicted octanol–water partition coefficient (Wildman–Crippen LogP) is 3.61. The fraction of sp³-hybridized carbons (Fsp3) is 0.333. The van der Waals surface area contributed by atoms with Crippen molar-refractivity contribution >= 4 is 11.8 Å². The zero-order valence-electron chi connectivity index (χ0n) is 14.8. The molecule has 6 heteroatoms. The Balaban J connectivity index is 3.32. The Morgan fingerprint density at radius 2 is 2.04 bits per heavy atom. The number of nitrogens with zero attached hydrogens (tertiary/aromatic N) is 2. The second-order valence-electron chi connectivity index (χ2n) is 5.44. The van der Waals surface area contributed by atoms with E-state index in [-0.39, 0.29) is 17.7 Å². The summed E-state index contributed by atoms with van der Waals surface area (Å²) >= 11 is 0. The molecule has 0 unspecified atom stereocenters. The maximum absolute atomic E-state index is 5.94. The van der Waals surface area contributed by atoms with Crippen LogP contribution in [0.3, 0.4) is 0 Å². The molecule has 1 aromatic rings. The highest BCUT2D eigenvalue weighted by Crippen LogP contribution is 2.26. The van der Waals surface area contributed by atoms with Gasteiger partial charge in [-0.2, -0.15) is 4.98 Å². The molecule has 0 atom stereocenters. The maximum atomic E-state index is 5.94. The molecule has 1 rings (SSSR count). The van der Waals surface area contributed by atoms with Crippen molar-refractivity contribution in [2.75, 3.05) is 18.1 Å². The fourth-order valence-corrected chi connectivity index (χ4v) is 1.95. The lowest BCUT2D eigenvalue weighted by Gasteiger charge is -2.16. The third-order valence-corrected chi connectivity index (χ3v) is 3.25. The minimum absolute atomic E-state index is 0.0922. The fourth-order valence-electron chi connectivity index (χ4n) is 1.95. The van der Waals surface area contributed by atoms with Gasteiger partial charge in [-0.25, -0.2) is 4.98 Å². The highest BCUT2D eigenvalue weighted by molar-refractivity contribution is 5.49. The first kappa shape index (κ1) is 19.3. The predicted molar refractivity (Wildman–Crippen MR) is 98.1 cm³/mol. The first-order valence-corrected chi connectivity index (χ1v) is 7.72. The summed E-state index contributed by atoms with van der Waals surface area (Å²) in [5, 5.41) is 0. The molecule has 1 heterocycles. The van der Waals surface area contributed by atoms with Crippen molar-refractivity contribution in [3.05, 3.63) is 54.2 Å². The molecule has 0 aliphatic carbocycles. The highest BCUT2D eigenvalue weighted by Gasteiger charge is 2.13. The zero-order chi connectivity index (χ0) is 18.3. The average Bonchev–Trinajstić information content (AvgIpc) is 2.50. The van der Waals surface area contributed by atoms with Gasteiger partial charge in [0, 0.05) is 0 Å². The lowest BCUT2D eigenvalue weighted by atomic mass is 10.0. The monoisotopic (exact) mass is 330 g/mol. The van der Waals surface area contributed by atoms with Gasteiger partial charge in [-0.1, -0.05) is 33.1 Å². The molecule has 0 saturated heterocycles. The lowest BCUT2D eigenvalue weighted by molar-refractivity contribution is 0.239. The Morgan fingerprint density at radius 1 is 1.38 bits per heavy atom. The molecule has 0 spiro atoms. The SMILES string of the molecule is C=C/C(=C(\C=C(/C)C(=C)OCC)Oc1cnc(N)nc1N)C(C)C. The summed E-state index contributed by atoms with van der Waals surface area (Å²) in [5.74, 6) is 1.94. The Morgan fingerprint density at radius 3 is 2.54 bits per heavy atom. The van der Waals surface area contributed by atoms with Crippen molar-refractivity contribution in [3.63, 3.8) is 0 Å². The first-order chi connectivity index (χ1) is 11.3. The summed E-state index contributed by atoms with van der Waals surface area (Å²) in [6.07, 6.45) is 5.03. The van der Waals surface area contributed by atoms with E-state index in [9.17, 15) is 0 Å². The van der Waals surface area contributed by atoms with E-state index in [2.05, 4.69) is 23.1 Å². The smallest absolute Gasteiger partial charge is 0.222 e. The van der Waals surface area contributed by atoms with Crippen LogP contribution in [0.2, 0.25) is 0 Å². The number of aromatic nitrogens is 2. The van der Waals surface area contributed by atoms with Gasteiger partial charge in [0.05, 0.1) is 12.8 Å². The van der Waals surface area contributed by atoms with Gasteiger partial charge in [0.2, 0.25) is 5.95 Å². The Bertz CT molecular complexity index is 676. The molecule has 4 N–H and O–H groups in total. The normalized spacial score (nSPS) is 12.6. The van der Waals surface area contributed by atoms with E-state index in [1.54, 1.807) is 6.08 Å². The summed E-state index contributed by atoms with van der Waals surface area (Å²) in [5.41, 5.74) is 13.1. The summed E-state index contributed by atoms with van der Waals surface area (Å²) in [7, 11) is 0. The molecule has 1 aromatic heterocycles. The number of hydrogen-bond acceptors (Lipinski definition) is 6. The third-order valence-electron chi connectivity index (χ3n) is 3.25. The summed E-state index contributed by atoms with van der Waals surface area (Å²) < 4.78 is 11.4.